The summed E-state index contributed by atoms with van der Waals surface area (Å²) >= 11 is 0. The molecule has 4 nitrogen and oxygen atoms in total. The second-order valence-corrected chi connectivity index (χ2v) is 14.2. The molecule has 5 heterocycles. The fourth-order valence-electron chi connectivity index (χ4n) is 7.52. The highest BCUT2D eigenvalue weighted by Crippen LogP contribution is 2.44. The molecule has 2 aliphatic heterocycles. The molecule has 0 radical (unpaired) electrons. The quantitative estimate of drug-likeness (QED) is 0.105. The van der Waals surface area contributed by atoms with Gasteiger partial charge in [0.15, 0.2) is 93.1 Å². The van der Waals surface area contributed by atoms with Crippen molar-refractivity contribution < 1.29 is 83.4 Å². The minimum Gasteiger partial charge on any atom is -0.354 e. The van der Waals surface area contributed by atoms with Crippen molar-refractivity contribution in [3.8, 4) is 44.5 Å². The van der Waals surface area contributed by atoms with Crippen LogP contribution in [0.4, 0.5) is 83.4 Å². The van der Waals surface area contributed by atoms with E-state index in [0.717, 1.165) is 0 Å². The van der Waals surface area contributed by atoms with Crippen molar-refractivity contribution in [1.29, 1.82) is 0 Å². The predicted octanol–water partition coefficient (Wildman–Crippen LogP) is 14.0. The third-order valence-electron chi connectivity index (χ3n) is 10.5. The van der Waals surface area contributed by atoms with Gasteiger partial charge in [-0.3, -0.25) is 0 Å². The number of rotatable bonds is 4. The van der Waals surface area contributed by atoms with E-state index in [9.17, 15) is 48.3 Å². The van der Waals surface area contributed by atoms with Crippen molar-refractivity contribution in [2.75, 3.05) is 0 Å². The Hall–Kier alpha value is -7.85. The highest BCUT2D eigenvalue weighted by molar-refractivity contribution is 6.00. The molecule has 0 spiro atoms. The standard InChI is InChI=1S/C44H11F19N4/c45-10-9-11(46)29(48)24(28(10)47)20-12-1-3-14(64-12)21(25-30(49)36(55)42(61)37(56)31(25)50)16-5-7-18(66-16)23(27-34(53)40(59)44(63)41(60)35(27)54)19-8-6-17(67-19)22(15-4-2-13(20)65-15)26-32(51)38(57)43(62)39(58)33(26)52/h1-9,64,67H. The summed E-state index contributed by atoms with van der Waals surface area (Å²) in [5.41, 5.74) is -19.2. The highest BCUT2D eigenvalue weighted by Gasteiger charge is 2.34. The van der Waals surface area contributed by atoms with Crippen molar-refractivity contribution >= 4 is 46.4 Å². The van der Waals surface area contributed by atoms with Gasteiger partial charge in [-0.05, 0) is 48.6 Å². The topological polar surface area (TPSA) is 57.4 Å². The summed E-state index contributed by atoms with van der Waals surface area (Å²) in [6.45, 7) is 0. The van der Waals surface area contributed by atoms with Gasteiger partial charge in [-0.2, -0.15) is 0 Å². The van der Waals surface area contributed by atoms with Crippen LogP contribution in [0.3, 0.4) is 0 Å². The van der Waals surface area contributed by atoms with E-state index in [-0.39, 0.29) is 6.07 Å². The molecule has 4 aromatic carbocycles. The number of H-pyrrole nitrogens is 2. The lowest BCUT2D eigenvalue weighted by atomic mass is 10.0. The molecule has 2 N–H and O–H groups in total. The van der Waals surface area contributed by atoms with E-state index >= 15 is 35.1 Å². The van der Waals surface area contributed by atoms with Gasteiger partial charge in [0.05, 0.1) is 45.0 Å². The molecule has 3 aromatic heterocycles. The fraction of sp³-hybridized carbons (Fsp3) is 0. The molecule has 8 bridgehead atoms. The molecule has 340 valence electrons. The van der Waals surface area contributed by atoms with E-state index < -0.39 is 200 Å². The maximum atomic E-state index is 15.8. The maximum Gasteiger partial charge on any atom is 0.200 e. The third kappa shape index (κ3) is 6.48. The molecule has 0 atom stereocenters. The van der Waals surface area contributed by atoms with Gasteiger partial charge >= 0.3 is 0 Å². The number of aromatic amines is 2. The summed E-state index contributed by atoms with van der Waals surface area (Å²) in [5, 5.41) is 0. The van der Waals surface area contributed by atoms with Crippen LogP contribution in [-0.4, -0.2) is 19.9 Å². The SMILES string of the molecule is Fc1cc(F)c(F)c(-c2c3nc(c(-c4c(F)c(F)c(F)c(F)c4F)c4ccc([nH]4)c(-c4c(F)c(F)c(F)c(F)c4F)c4nc(c(-c5c(F)c(F)c(F)c(F)c5F)c5ccc2[nH]5)C=C4)C=C3)c1F. The molecule has 0 saturated carbocycles. The lowest BCUT2D eigenvalue weighted by Crippen LogP contribution is -2.06. The predicted molar refractivity (Wildman–Crippen MR) is 200 cm³/mol. The van der Waals surface area contributed by atoms with Crippen molar-refractivity contribution in [2.45, 2.75) is 0 Å². The molecule has 67 heavy (non-hydrogen) atoms. The Morgan fingerprint density at radius 3 is 0.657 bits per heavy atom. The van der Waals surface area contributed by atoms with Gasteiger partial charge in [0.25, 0.3) is 0 Å². The lowest BCUT2D eigenvalue weighted by Gasteiger charge is -2.11. The molecule has 0 aliphatic carbocycles. The van der Waals surface area contributed by atoms with E-state index in [2.05, 4.69) is 19.9 Å². The first kappa shape index (κ1) is 44.4. The Labute approximate surface area is 357 Å². The van der Waals surface area contributed by atoms with Crippen molar-refractivity contribution in [1.82, 2.24) is 19.9 Å². The monoisotopic (exact) mass is 956 g/mol. The van der Waals surface area contributed by atoms with Crippen LogP contribution < -0.4 is 0 Å². The minimum absolute atomic E-state index is 0.239. The summed E-state index contributed by atoms with van der Waals surface area (Å²) in [7, 11) is 0. The van der Waals surface area contributed by atoms with Gasteiger partial charge in [0.1, 0.15) is 0 Å². The number of nitrogens with zero attached hydrogens (tertiary/aromatic N) is 2. The third-order valence-corrected chi connectivity index (χ3v) is 10.5. The first-order valence-electron chi connectivity index (χ1n) is 18.2. The number of nitrogens with one attached hydrogen (secondary N) is 2. The van der Waals surface area contributed by atoms with E-state index in [1.165, 1.54) is 0 Å². The van der Waals surface area contributed by atoms with E-state index in [4.69, 9.17) is 0 Å². The molecular formula is C44H11F19N4. The first-order chi connectivity index (χ1) is 31.7. The fourth-order valence-corrected chi connectivity index (χ4v) is 7.52. The molecule has 7 aromatic rings. The number of benzene rings is 4. The number of halogens is 19. The van der Waals surface area contributed by atoms with Crippen LogP contribution in [0.2, 0.25) is 0 Å². The summed E-state index contributed by atoms with van der Waals surface area (Å²) < 4.78 is 288. The van der Waals surface area contributed by atoms with Crippen LogP contribution in [0.5, 0.6) is 0 Å². The first-order valence-corrected chi connectivity index (χ1v) is 18.2. The smallest absolute Gasteiger partial charge is 0.200 e. The van der Waals surface area contributed by atoms with Gasteiger partial charge in [-0.25, -0.2) is 93.4 Å². The van der Waals surface area contributed by atoms with Crippen molar-refractivity contribution in [3.63, 3.8) is 0 Å². The summed E-state index contributed by atoms with van der Waals surface area (Å²) in [4.78, 5) is 12.5. The zero-order chi connectivity index (χ0) is 48.4. The van der Waals surface area contributed by atoms with Gasteiger partial charge in [0.2, 0.25) is 17.5 Å². The zero-order valence-corrected chi connectivity index (χ0v) is 31.8. The average Bonchev–Trinajstić information content (AvgIpc) is 4.16. The number of aromatic nitrogens is 4. The van der Waals surface area contributed by atoms with Gasteiger partial charge in [0, 0.05) is 50.4 Å². The van der Waals surface area contributed by atoms with Gasteiger partial charge in [-0.1, -0.05) is 0 Å². The van der Waals surface area contributed by atoms with E-state index in [0.29, 0.717) is 48.6 Å². The highest BCUT2D eigenvalue weighted by atomic mass is 19.2. The molecule has 0 saturated heterocycles. The van der Waals surface area contributed by atoms with Crippen molar-refractivity contribution in [2.24, 2.45) is 0 Å². The summed E-state index contributed by atoms with van der Waals surface area (Å²) in [6, 6.07) is 2.50. The molecule has 0 fully saturated rings. The van der Waals surface area contributed by atoms with Crippen LogP contribution >= 0.6 is 0 Å². The van der Waals surface area contributed by atoms with Crippen LogP contribution in [0.25, 0.3) is 90.9 Å². The summed E-state index contributed by atoms with van der Waals surface area (Å²) in [6.07, 6.45) is 2.63. The van der Waals surface area contributed by atoms with Crippen LogP contribution in [-0.2, 0) is 0 Å². The molecule has 0 unspecified atom stereocenters. The Bertz CT molecular complexity index is 3470. The normalized spacial score (nSPS) is 12.3. The Morgan fingerprint density at radius 2 is 0.433 bits per heavy atom. The Kier molecular flexibility index (Phi) is 10.4. The largest absolute Gasteiger partial charge is 0.354 e. The van der Waals surface area contributed by atoms with E-state index in [1.54, 1.807) is 0 Å². The van der Waals surface area contributed by atoms with Crippen LogP contribution in [0, 0.1) is 111 Å². The van der Waals surface area contributed by atoms with Crippen molar-refractivity contribution in [3.05, 3.63) is 164 Å². The zero-order valence-electron chi connectivity index (χ0n) is 31.8. The summed E-state index contributed by atoms with van der Waals surface area (Å²) in [5.74, 6) is -47.5. The minimum atomic E-state index is -2.70. The molecule has 0 amide bonds. The van der Waals surface area contributed by atoms with Gasteiger partial charge < -0.3 is 9.97 Å². The molecular weight excluding hydrogens is 945 g/mol. The number of hydrogen-bond acceptors (Lipinski definition) is 2. The van der Waals surface area contributed by atoms with Gasteiger partial charge in [-0.15, -0.1) is 0 Å². The molecule has 9 rings (SSSR count). The second-order valence-electron chi connectivity index (χ2n) is 14.2. The Morgan fingerprint density at radius 1 is 0.239 bits per heavy atom. The average molecular weight is 957 g/mol. The maximum absolute atomic E-state index is 15.8. The van der Waals surface area contributed by atoms with Crippen LogP contribution in [0.15, 0.2) is 30.3 Å². The van der Waals surface area contributed by atoms with E-state index in [1.807, 2.05) is 0 Å². The number of fused-ring (bicyclic) bond motifs is 8. The lowest BCUT2D eigenvalue weighted by molar-refractivity contribution is 0.381. The molecule has 2 aliphatic rings. The number of hydrogen-bond donors (Lipinski definition) is 2. The Balaban J connectivity index is 1.59. The van der Waals surface area contributed by atoms with Crippen LogP contribution in [0.1, 0.15) is 22.8 Å². The molecule has 23 heteroatoms. The second kappa shape index (κ2) is 15.7.